The summed E-state index contributed by atoms with van der Waals surface area (Å²) in [7, 11) is 0. The zero-order chi connectivity index (χ0) is 13.7. The Morgan fingerprint density at radius 1 is 1.67 bits per heavy atom. The predicted molar refractivity (Wildman–Crippen MR) is 74.0 cm³/mol. The molecule has 1 aromatic carbocycles. The number of non-ortho nitro benzene ring substituents is 1. The van der Waals surface area contributed by atoms with Crippen molar-refractivity contribution in [2.45, 2.75) is 13.0 Å². The first-order valence-corrected chi connectivity index (χ1v) is 5.85. The lowest BCUT2D eigenvalue weighted by Gasteiger charge is -2.12. The average molecular weight is 290 g/mol. The molecule has 1 atom stereocenters. The van der Waals surface area contributed by atoms with Crippen molar-refractivity contribution in [3.8, 4) is 0 Å². The van der Waals surface area contributed by atoms with E-state index in [1.54, 1.807) is 6.92 Å². The molecule has 3 N–H and O–H groups in total. The molecule has 0 saturated carbocycles. The van der Waals surface area contributed by atoms with Crippen LogP contribution in [0.2, 0.25) is 5.02 Å². The molecule has 0 radical (unpaired) electrons. The third-order valence-corrected chi connectivity index (χ3v) is 2.54. The highest BCUT2D eigenvalue weighted by atomic mass is 35.5. The Labute approximate surface area is 114 Å². The monoisotopic (exact) mass is 289 g/mol. The minimum Gasteiger partial charge on any atom is -0.392 e. The van der Waals surface area contributed by atoms with Gasteiger partial charge < -0.3 is 15.7 Å². The van der Waals surface area contributed by atoms with E-state index < -0.39 is 11.0 Å². The molecule has 0 unspecified atom stereocenters. The Balaban J connectivity index is 2.74. The molecule has 8 heteroatoms. The molecule has 0 bridgehead atoms. The first-order valence-electron chi connectivity index (χ1n) is 5.07. The molecule has 18 heavy (non-hydrogen) atoms. The number of nitro benzene ring substituents is 1. The van der Waals surface area contributed by atoms with E-state index in [1.807, 2.05) is 0 Å². The molecule has 0 saturated heterocycles. The smallest absolute Gasteiger partial charge is 0.271 e. The van der Waals surface area contributed by atoms with Gasteiger partial charge >= 0.3 is 0 Å². The van der Waals surface area contributed by atoms with Gasteiger partial charge in [-0.2, -0.15) is 0 Å². The summed E-state index contributed by atoms with van der Waals surface area (Å²) in [5.74, 6) is 0. The molecule has 98 valence electrons. The second-order valence-electron chi connectivity index (χ2n) is 3.61. The lowest BCUT2D eigenvalue weighted by molar-refractivity contribution is -0.384. The average Bonchev–Trinajstić information content (AvgIpc) is 2.29. The van der Waals surface area contributed by atoms with Crippen LogP contribution < -0.4 is 10.6 Å². The predicted octanol–water partition coefficient (Wildman–Crippen LogP) is 1.92. The first kappa shape index (κ1) is 14.6. The van der Waals surface area contributed by atoms with Crippen molar-refractivity contribution in [3.63, 3.8) is 0 Å². The minimum absolute atomic E-state index is 0.0831. The van der Waals surface area contributed by atoms with Crippen molar-refractivity contribution in [2.75, 3.05) is 11.9 Å². The summed E-state index contributed by atoms with van der Waals surface area (Å²) in [5, 5.41) is 25.7. The molecule has 0 heterocycles. The quantitative estimate of drug-likeness (QED) is 0.446. The molecule has 0 fully saturated rings. The van der Waals surface area contributed by atoms with Crippen molar-refractivity contribution in [1.82, 2.24) is 5.32 Å². The number of benzene rings is 1. The molecule has 0 amide bonds. The number of hydrogen-bond acceptors (Lipinski definition) is 4. The number of thiocarbonyl (C=S) groups is 1. The fraction of sp³-hybridized carbons (Fsp3) is 0.300. The Morgan fingerprint density at radius 3 is 2.89 bits per heavy atom. The van der Waals surface area contributed by atoms with Crippen molar-refractivity contribution >= 4 is 40.3 Å². The summed E-state index contributed by atoms with van der Waals surface area (Å²) in [6, 6.07) is 4.01. The van der Waals surface area contributed by atoms with E-state index in [1.165, 1.54) is 18.2 Å². The Hall–Kier alpha value is -1.44. The maximum Gasteiger partial charge on any atom is 0.271 e. The second-order valence-corrected chi connectivity index (χ2v) is 4.42. The highest BCUT2D eigenvalue weighted by Gasteiger charge is 2.10. The number of nitrogens with one attached hydrogen (secondary N) is 2. The number of hydrogen-bond donors (Lipinski definition) is 3. The van der Waals surface area contributed by atoms with Gasteiger partial charge in [-0.05, 0) is 25.2 Å². The van der Waals surface area contributed by atoms with E-state index in [0.29, 0.717) is 10.7 Å². The number of halogens is 1. The summed E-state index contributed by atoms with van der Waals surface area (Å²) in [6.07, 6.45) is -0.551. The van der Waals surface area contributed by atoms with Crippen LogP contribution in [0.15, 0.2) is 18.2 Å². The van der Waals surface area contributed by atoms with Crippen molar-refractivity contribution in [1.29, 1.82) is 0 Å². The van der Waals surface area contributed by atoms with Crippen LogP contribution in [0.3, 0.4) is 0 Å². The Morgan fingerprint density at radius 2 is 2.33 bits per heavy atom. The van der Waals surface area contributed by atoms with Gasteiger partial charge in [-0.1, -0.05) is 11.6 Å². The van der Waals surface area contributed by atoms with Gasteiger partial charge in [-0.3, -0.25) is 10.1 Å². The molecular formula is C10H12ClN3O3S. The fourth-order valence-electron chi connectivity index (χ4n) is 1.13. The van der Waals surface area contributed by atoms with Gasteiger partial charge in [0.15, 0.2) is 5.11 Å². The van der Waals surface area contributed by atoms with Gasteiger partial charge in [-0.25, -0.2) is 0 Å². The van der Waals surface area contributed by atoms with Gasteiger partial charge in [0.05, 0.1) is 21.7 Å². The van der Waals surface area contributed by atoms with E-state index >= 15 is 0 Å². The summed E-state index contributed by atoms with van der Waals surface area (Å²) in [4.78, 5) is 10.1. The van der Waals surface area contributed by atoms with Crippen molar-refractivity contribution < 1.29 is 10.0 Å². The molecule has 0 spiro atoms. The topological polar surface area (TPSA) is 87.4 Å². The van der Waals surface area contributed by atoms with Crippen molar-refractivity contribution in [2.24, 2.45) is 0 Å². The number of nitro groups is 1. The number of rotatable bonds is 4. The second kappa shape index (κ2) is 6.48. The van der Waals surface area contributed by atoms with Gasteiger partial charge in [0.25, 0.3) is 5.69 Å². The maximum atomic E-state index is 10.6. The first-order chi connectivity index (χ1) is 8.40. The fourth-order valence-corrected chi connectivity index (χ4v) is 1.49. The zero-order valence-electron chi connectivity index (χ0n) is 9.51. The van der Waals surface area contributed by atoms with Crippen molar-refractivity contribution in [3.05, 3.63) is 33.3 Å². The third kappa shape index (κ3) is 4.44. The molecular weight excluding hydrogens is 278 g/mol. The third-order valence-electron chi connectivity index (χ3n) is 1.97. The van der Waals surface area contributed by atoms with Crippen LogP contribution in [-0.2, 0) is 0 Å². The normalized spacial score (nSPS) is 11.7. The number of aliphatic hydroxyl groups is 1. The van der Waals surface area contributed by atoms with E-state index in [-0.39, 0.29) is 17.3 Å². The van der Waals surface area contributed by atoms with Gasteiger partial charge in [0.2, 0.25) is 0 Å². The highest BCUT2D eigenvalue weighted by molar-refractivity contribution is 7.80. The highest BCUT2D eigenvalue weighted by Crippen LogP contribution is 2.26. The number of anilines is 1. The van der Waals surface area contributed by atoms with E-state index in [9.17, 15) is 10.1 Å². The van der Waals surface area contributed by atoms with Crippen LogP contribution in [0.5, 0.6) is 0 Å². The molecule has 6 nitrogen and oxygen atoms in total. The lowest BCUT2D eigenvalue weighted by atomic mass is 10.3. The molecule has 0 aliphatic carbocycles. The van der Waals surface area contributed by atoms with Gasteiger partial charge in [0.1, 0.15) is 0 Å². The van der Waals surface area contributed by atoms with Gasteiger partial charge in [-0.15, -0.1) is 0 Å². The molecule has 0 aromatic heterocycles. The SMILES string of the molecule is C[C@@H](O)CNC(=S)Nc1cc([N+](=O)[O-])ccc1Cl. The van der Waals surface area contributed by atoms with Crippen LogP contribution in [-0.4, -0.2) is 27.8 Å². The molecule has 0 aliphatic rings. The lowest BCUT2D eigenvalue weighted by Crippen LogP contribution is -2.33. The maximum absolute atomic E-state index is 10.6. The van der Waals surface area contributed by atoms with Gasteiger partial charge in [0, 0.05) is 18.7 Å². The summed E-state index contributed by atoms with van der Waals surface area (Å²) >= 11 is 10.8. The largest absolute Gasteiger partial charge is 0.392 e. The van der Waals surface area contributed by atoms with Crippen LogP contribution in [0, 0.1) is 10.1 Å². The molecule has 0 aliphatic heterocycles. The number of aliphatic hydroxyl groups excluding tert-OH is 1. The Bertz CT molecular complexity index is 468. The van der Waals surface area contributed by atoms with E-state index in [4.69, 9.17) is 28.9 Å². The molecule has 1 rings (SSSR count). The summed E-state index contributed by atoms with van der Waals surface area (Å²) in [5.41, 5.74) is 0.259. The van der Waals surface area contributed by atoms with E-state index in [0.717, 1.165) is 0 Å². The van der Waals surface area contributed by atoms with Crippen LogP contribution in [0.4, 0.5) is 11.4 Å². The zero-order valence-corrected chi connectivity index (χ0v) is 11.1. The molecule has 1 aromatic rings. The summed E-state index contributed by atoms with van der Waals surface area (Å²) < 4.78 is 0. The van der Waals surface area contributed by atoms with Crippen LogP contribution in [0.1, 0.15) is 6.92 Å². The van der Waals surface area contributed by atoms with Crippen LogP contribution >= 0.6 is 23.8 Å². The standard InChI is InChI=1S/C10H12ClN3O3S/c1-6(15)5-12-10(18)13-9-4-7(14(16)17)2-3-8(9)11/h2-4,6,15H,5H2,1H3,(H2,12,13,18)/t6-/m1/s1. The van der Waals surface area contributed by atoms with E-state index in [2.05, 4.69) is 10.6 Å². The Kier molecular flexibility index (Phi) is 5.26. The summed E-state index contributed by atoms with van der Waals surface area (Å²) in [6.45, 7) is 1.88. The van der Waals surface area contributed by atoms with Crippen LogP contribution in [0.25, 0.3) is 0 Å². The minimum atomic E-state index is -0.551. The number of nitrogens with zero attached hydrogens (tertiary/aromatic N) is 1.